The van der Waals surface area contributed by atoms with Crippen molar-refractivity contribution in [1.82, 2.24) is 0 Å². The van der Waals surface area contributed by atoms with Crippen molar-refractivity contribution < 1.29 is 4.74 Å². The number of thioether (sulfide) groups is 1. The number of hydrogen-bond acceptors (Lipinski definition) is 2. The van der Waals surface area contributed by atoms with Crippen molar-refractivity contribution >= 4 is 11.8 Å². The lowest BCUT2D eigenvalue weighted by Crippen LogP contribution is -2.13. The fraction of sp³-hybridized carbons (Fsp3) is 0.800. The third-order valence-corrected chi connectivity index (χ3v) is 4.34. The highest BCUT2D eigenvalue weighted by Crippen LogP contribution is 2.45. The van der Waals surface area contributed by atoms with Gasteiger partial charge in [-0.25, -0.2) is 0 Å². The second-order valence-corrected chi connectivity index (χ2v) is 4.78. The van der Waals surface area contributed by atoms with Gasteiger partial charge in [-0.1, -0.05) is 6.08 Å². The highest BCUT2D eigenvalue weighted by atomic mass is 32.2. The molecule has 0 radical (unpaired) electrons. The van der Waals surface area contributed by atoms with Gasteiger partial charge < -0.3 is 4.74 Å². The molecule has 2 aliphatic rings. The van der Waals surface area contributed by atoms with Gasteiger partial charge in [0.15, 0.2) is 0 Å². The molecule has 2 fully saturated rings. The van der Waals surface area contributed by atoms with Crippen LogP contribution in [0.4, 0.5) is 0 Å². The summed E-state index contributed by atoms with van der Waals surface area (Å²) < 4.78 is 5.62. The van der Waals surface area contributed by atoms with Crippen LogP contribution in [-0.2, 0) is 4.74 Å². The third-order valence-electron chi connectivity index (χ3n) is 2.90. The predicted octanol–water partition coefficient (Wildman–Crippen LogP) is 2.68. The molecular weight excluding hydrogens is 168 g/mol. The fourth-order valence-electron chi connectivity index (χ4n) is 2.18. The molecule has 12 heavy (non-hydrogen) atoms. The normalized spacial score (nSPS) is 39.8. The molecule has 0 aromatic rings. The van der Waals surface area contributed by atoms with E-state index < -0.39 is 0 Å². The second-order valence-electron chi connectivity index (χ2n) is 3.65. The SMILES string of the molecule is C=CCCC1CSC2OCCC12. The topological polar surface area (TPSA) is 9.23 Å². The van der Waals surface area contributed by atoms with Gasteiger partial charge >= 0.3 is 0 Å². The number of hydrogen-bond donors (Lipinski definition) is 0. The van der Waals surface area contributed by atoms with Gasteiger partial charge in [-0.05, 0) is 30.9 Å². The predicted molar refractivity (Wildman–Crippen MR) is 53.2 cm³/mol. The van der Waals surface area contributed by atoms with Gasteiger partial charge in [0, 0.05) is 12.5 Å². The Hall–Kier alpha value is 0.0500. The van der Waals surface area contributed by atoms with Gasteiger partial charge in [0.1, 0.15) is 5.44 Å². The monoisotopic (exact) mass is 184 g/mol. The van der Waals surface area contributed by atoms with Crippen LogP contribution in [0.25, 0.3) is 0 Å². The maximum atomic E-state index is 5.62. The van der Waals surface area contributed by atoms with Crippen LogP contribution in [0.2, 0.25) is 0 Å². The van der Waals surface area contributed by atoms with Crippen LogP contribution in [-0.4, -0.2) is 17.8 Å². The average molecular weight is 184 g/mol. The van der Waals surface area contributed by atoms with E-state index in [-0.39, 0.29) is 0 Å². The number of allylic oxidation sites excluding steroid dienone is 1. The highest BCUT2D eigenvalue weighted by molar-refractivity contribution is 8.00. The van der Waals surface area contributed by atoms with Crippen LogP contribution in [0.5, 0.6) is 0 Å². The molecule has 0 aliphatic carbocycles. The Bertz CT molecular complexity index is 169. The molecule has 2 heterocycles. The lowest BCUT2D eigenvalue weighted by Gasteiger charge is -2.14. The van der Waals surface area contributed by atoms with Gasteiger partial charge in [0.25, 0.3) is 0 Å². The maximum Gasteiger partial charge on any atom is 0.106 e. The third kappa shape index (κ3) is 1.55. The van der Waals surface area contributed by atoms with Crippen molar-refractivity contribution in [2.24, 2.45) is 11.8 Å². The average Bonchev–Trinajstić information content (AvgIpc) is 2.62. The summed E-state index contributed by atoms with van der Waals surface area (Å²) in [5.74, 6) is 3.07. The van der Waals surface area contributed by atoms with Crippen LogP contribution in [0, 0.1) is 11.8 Å². The van der Waals surface area contributed by atoms with Gasteiger partial charge in [-0.3, -0.25) is 0 Å². The van der Waals surface area contributed by atoms with Crippen LogP contribution in [0.1, 0.15) is 19.3 Å². The first-order valence-corrected chi connectivity index (χ1v) is 5.81. The van der Waals surface area contributed by atoms with Crippen molar-refractivity contribution in [1.29, 1.82) is 0 Å². The molecule has 2 rings (SSSR count). The zero-order valence-corrected chi connectivity index (χ0v) is 8.19. The Morgan fingerprint density at radius 3 is 3.33 bits per heavy atom. The molecule has 1 nitrogen and oxygen atoms in total. The summed E-state index contributed by atoms with van der Waals surface area (Å²) in [5.41, 5.74) is 0.541. The number of rotatable bonds is 3. The van der Waals surface area contributed by atoms with Crippen molar-refractivity contribution in [2.45, 2.75) is 24.7 Å². The van der Waals surface area contributed by atoms with Crippen LogP contribution < -0.4 is 0 Å². The molecular formula is C10H16OS. The van der Waals surface area contributed by atoms with Crippen LogP contribution in [0.15, 0.2) is 12.7 Å². The lowest BCUT2D eigenvalue weighted by molar-refractivity contribution is 0.154. The molecule has 3 atom stereocenters. The van der Waals surface area contributed by atoms with E-state index >= 15 is 0 Å². The van der Waals surface area contributed by atoms with Crippen molar-refractivity contribution in [2.75, 3.05) is 12.4 Å². The standard InChI is InChI=1S/C10H16OS/c1-2-3-4-8-7-12-10-9(8)5-6-11-10/h2,8-10H,1,3-7H2. The molecule has 0 N–H and O–H groups in total. The lowest BCUT2D eigenvalue weighted by atomic mass is 9.90. The molecule has 0 spiro atoms. The molecule has 0 aromatic heterocycles. The molecule has 0 aromatic carbocycles. The first-order chi connectivity index (χ1) is 5.92. The fourth-order valence-corrected chi connectivity index (χ4v) is 3.83. The minimum Gasteiger partial charge on any atom is -0.367 e. The Morgan fingerprint density at radius 1 is 1.58 bits per heavy atom. The Morgan fingerprint density at radius 2 is 2.50 bits per heavy atom. The van der Waals surface area contributed by atoms with Gasteiger partial charge in [-0.15, -0.1) is 18.3 Å². The van der Waals surface area contributed by atoms with E-state index in [4.69, 9.17) is 4.74 Å². The van der Waals surface area contributed by atoms with E-state index in [1.54, 1.807) is 0 Å². The minimum absolute atomic E-state index is 0.541. The first-order valence-electron chi connectivity index (χ1n) is 4.76. The van der Waals surface area contributed by atoms with E-state index in [1.165, 1.54) is 25.0 Å². The maximum absolute atomic E-state index is 5.62. The summed E-state index contributed by atoms with van der Waals surface area (Å²) >= 11 is 2.01. The molecule has 68 valence electrons. The molecule has 2 aliphatic heterocycles. The number of fused-ring (bicyclic) bond motifs is 1. The molecule has 2 heteroatoms. The summed E-state index contributed by atoms with van der Waals surface area (Å²) in [4.78, 5) is 0. The summed E-state index contributed by atoms with van der Waals surface area (Å²) in [5, 5.41) is 0. The van der Waals surface area contributed by atoms with E-state index in [2.05, 4.69) is 6.58 Å². The molecule has 2 saturated heterocycles. The molecule has 3 unspecified atom stereocenters. The summed E-state index contributed by atoms with van der Waals surface area (Å²) in [6, 6.07) is 0. The Balaban J connectivity index is 1.86. The summed E-state index contributed by atoms with van der Waals surface area (Å²) in [6.07, 6.45) is 5.82. The summed E-state index contributed by atoms with van der Waals surface area (Å²) in [7, 11) is 0. The van der Waals surface area contributed by atoms with Crippen LogP contribution >= 0.6 is 11.8 Å². The largest absolute Gasteiger partial charge is 0.367 e. The number of ether oxygens (including phenoxy) is 1. The van der Waals surface area contributed by atoms with E-state index in [0.717, 1.165) is 18.4 Å². The summed E-state index contributed by atoms with van der Waals surface area (Å²) in [6.45, 7) is 4.76. The Kier molecular flexibility index (Phi) is 2.76. The van der Waals surface area contributed by atoms with Crippen molar-refractivity contribution in [3.63, 3.8) is 0 Å². The van der Waals surface area contributed by atoms with E-state index in [1.807, 2.05) is 17.8 Å². The van der Waals surface area contributed by atoms with Crippen molar-refractivity contribution in [3.8, 4) is 0 Å². The first kappa shape index (κ1) is 8.64. The van der Waals surface area contributed by atoms with E-state index in [0.29, 0.717) is 5.44 Å². The Labute approximate surface area is 78.6 Å². The van der Waals surface area contributed by atoms with Crippen LogP contribution in [0.3, 0.4) is 0 Å². The minimum atomic E-state index is 0.541. The highest BCUT2D eigenvalue weighted by Gasteiger charge is 2.40. The zero-order valence-electron chi connectivity index (χ0n) is 7.37. The molecule has 0 bridgehead atoms. The van der Waals surface area contributed by atoms with E-state index in [9.17, 15) is 0 Å². The quantitative estimate of drug-likeness (QED) is 0.624. The van der Waals surface area contributed by atoms with Gasteiger partial charge in [0.2, 0.25) is 0 Å². The van der Waals surface area contributed by atoms with Gasteiger partial charge in [-0.2, -0.15) is 0 Å². The zero-order chi connectivity index (χ0) is 8.39. The molecule has 0 amide bonds. The molecule has 0 saturated carbocycles. The smallest absolute Gasteiger partial charge is 0.106 e. The van der Waals surface area contributed by atoms with Crippen molar-refractivity contribution in [3.05, 3.63) is 12.7 Å². The second kappa shape index (κ2) is 3.84. The van der Waals surface area contributed by atoms with Gasteiger partial charge in [0.05, 0.1) is 0 Å².